The van der Waals surface area contributed by atoms with Crippen LogP contribution < -0.4 is 10.1 Å². The SMILES string of the molecule is CN1C(=O)CC(NCc2ccc(OC(F)(F)F)cc2)C1=O. The van der Waals surface area contributed by atoms with Crippen molar-refractivity contribution < 1.29 is 27.5 Å². The lowest BCUT2D eigenvalue weighted by molar-refractivity contribution is -0.274. The molecule has 5 nitrogen and oxygen atoms in total. The fourth-order valence-corrected chi connectivity index (χ4v) is 1.97. The Labute approximate surface area is 118 Å². The van der Waals surface area contributed by atoms with E-state index < -0.39 is 12.4 Å². The van der Waals surface area contributed by atoms with E-state index in [9.17, 15) is 22.8 Å². The van der Waals surface area contributed by atoms with Gasteiger partial charge < -0.3 is 10.1 Å². The lowest BCUT2D eigenvalue weighted by Gasteiger charge is -2.12. The molecule has 1 heterocycles. The molecular weight excluding hydrogens is 289 g/mol. The molecule has 114 valence electrons. The summed E-state index contributed by atoms with van der Waals surface area (Å²) < 4.78 is 39.8. The van der Waals surface area contributed by atoms with Gasteiger partial charge in [0, 0.05) is 13.6 Å². The van der Waals surface area contributed by atoms with Crippen LogP contribution in [0.2, 0.25) is 0 Å². The Morgan fingerprint density at radius 2 is 1.90 bits per heavy atom. The third-order valence-corrected chi connectivity index (χ3v) is 3.09. The zero-order chi connectivity index (χ0) is 15.6. The van der Waals surface area contributed by atoms with Crippen molar-refractivity contribution in [3.8, 4) is 5.75 Å². The Hall–Kier alpha value is -2.09. The largest absolute Gasteiger partial charge is 0.573 e. The van der Waals surface area contributed by atoms with Gasteiger partial charge in [-0.2, -0.15) is 0 Å². The highest BCUT2D eigenvalue weighted by Gasteiger charge is 2.35. The van der Waals surface area contributed by atoms with Crippen molar-refractivity contribution in [3.63, 3.8) is 0 Å². The smallest absolute Gasteiger partial charge is 0.406 e. The van der Waals surface area contributed by atoms with Crippen LogP contribution in [-0.2, 0) is 16.1 Å². The minimum Gasteiger partial charge on any atom is -0.406 e. The summed E-state index contributed by atoms with van der Waals surface area (Å²) in [5.74, 6) is -0.874. The number of rotatable bonds is 4. The molecule has 1 N–H and O–H groups in total. The van der Waals surface area contributed by atoms with Crippen LogP contribution in [0.15, 0.2) is 24.3 Å². The van der Waals surface area contributed by atoms with Gasteiger partial charge in [-0.15, -0.1) is 13.2 Å². The van der Waals surface area contributed by atoms with Crippen LogP contribution in [0.1, 0.15) is 12.0 Å². The second-order valence-corrected chi connectivity index (χ2v) is 4.62. The van der Waals surface area contributed by atoms with E-state index >= 15 is 0 Å². The molecule has 1 saturated heterocycles. The molecule has 1 aliphatic rings. The molecule has 1 aliphatic heterocycles. The van der Waals surface area contributed by atoms with Crippen LogP contribution in [0.5, 0.6) is 5.75 Å². The molecule has 21 heavy (non-hydrogen) atoms. The van der Waals surface area contributed by atoms with Crippen LogP contribution in [0.3, 0.4) is 0 Å². The lowest BCUT2D eigenvalue weighted by Crippen LogP contribution is -2.36. The number of carbonyl (C=O) groups excluding carboxylic acids is 2. The Balaban J connectivity index is 1.90. The number of likely N-dealkylation sites (tertiary alicyclic amines) is 1. The standard InChI is InChI=1S/C13H13F3N2O3/c1-18-11(19)6-10(12(18)20)17-7-8-2-4-9(5-3-8)21-13(14,15)16/h2-5,10,17H,6-7H2,1H3. The minimum atomic E-state index is -4.72. The molecule has 1 aromatic rings. The Bertz CT molecular complexity index is 543. The number of alkyl halides is 3. The van der Waals surface area contributed by atoms with Gasteiger partial charge in [-0.1, -0.05) is 12.1 Å². The number of halogens is 3. The summed E-state index contributed by atoms with van der Waals surface area (Å²) in [6.07, 6.45) is -4.63. The maximum Gasteiger partial charge on any atom is 0.573 e. The van der Waals surface area contributed by atoms with Gasteiger partial charge in [0.1, 0.15) is 5.75 Å². The van der Waals surface area contributed by atoms with E-state index in [1.54, 1.807) is 0 Å². The number of nitrogens with zero attached hydrogens (tertiary/aromatic N) is 1. The first-order valence-electron chi connectivity index (χ1n) is 6.15. The number of likely N-dealkylation sites (N-methyl/N-ethyl adjacent to an activating group) is 1. The predicted octanol–water partition coefficient (Wildman–Crippen LogP) is 1.43. The molecule has 1 aromatic carbocycles. The van der Waals surface area contributed by atoms with E-state index in [1.807, 2.05) is 0 Å². The van der Waals surface area contributed by atoms with E-state index in [1.165, 1.54) is 31.3 Å². The molecule has 1 unspecified atom stereocenters. The highest BCUT2D eigenvalue weighted by molar-refractivity contribution is 6.05. The summed E-state index contributed by atoms with van der Waals surface area (Å²) in [7, 11) is 1.41. The third kappa shape index (κ3) is 3.94. The van der Waals surface area contributed by atoms with Gasteiger partial charge in [0.05, 0.1) is 12.5 Å². The van der Waals surface area contributed by atoms with E-state index in [0.717, 1.165) is 4.90 Å². The molecular formula is C13H13F3N2O3. The van der Waals surface area contributed by atoms with Crippen LogP contribution in [-0.4, -0.2) is 36.2 Å². The van der Waals surface area contributed by atoms with Crippen molar-refractivity contribution in [1.29, 1.82) is 0 Å². The van der Waals surface area contributed by atoms with Crippen molar-refractivity contribution in [2.75, 3.05) is 7.05 Å². The highest BCUT2D eigenvalue weighted by atomic mass is 19.4. The first kappa shape index (κ1) is 15.3. The molecule has 0 aliphatic carbocycles. The van der Waals surface area contributed by atoms with Crippen molar-refractivity contribution in [1.82, 2.24) is 10.2 Å². The van der Waals surface area contributed by atoms with Crippen molar-refractivity contribution in [2.24, 2.45) is 0 Å². The van der Waals surface area contributed by atoms with Gasteiger partial charge in [-0.3, -0.25) is 14.5 Å². The molecule has 0 spiro atoms. The molecule has 0 aromatic heterocycles. The molecule has 8 heteroatoms. The van der Waals surface area contributed by atoms with Gasteiger partial charge in [0.2, 0.25) is 11.8 Å². The average molecular weight is 302 g/mol. The van der Waals surface area contributed by atoms with Crippen molar-refractivity contribution >= 4 is 11.8 Å². The normalized spacial score (nSPS) is 19.2. The van der Waals surface area contributed by atoms with Gasteiger partial charge >= 0.3 is 6.36 Å². The zero-order valence-electron chi connectivity index (χ0n) is 11.1. The van der Waals surface area contributed by atoms with Gasteiger partial charge in [-0.05, 0) is 17.7 Å². The third-order valence-electron chi connectivity index (χ3n) is 3.09. The number of amides is 2. The molecule has 0 saturated carbocycles. The van der Waals surface area contributed by atoms with E-state index in [2.05, 4.69) is 10.1 Å². The quantitative estimate of drug-likeness (QED) is 0.855. The predicted molar refractivity (Wildman–Crippen MR) is 66.1 cm³/mol. The number of ether oxygens (including phenoxy) is 1. The highest BCUT2D eigenvalue weighted by Crippen LogP contribution is 2.22. The monoisotopic (exact) mass is 302 g/mol. The number of hydrogen-bond acceptors (Lipinski definition) is 4. The molecule has 2 amide bonds. The summed E-state index contributed by atoms with van der Waals surface area (Å²) in [6, 6.07) is 4.71. The lowest BCUT2D eigenvalue weighted by atomic mass is 10.2. The molecule has 0 bridgehead atoms. The number of benzene rings is 1. The number of carbonyl (C=O) groups is 2. The van der Waals surface area contributed by atoms with Gasteiger partial charge in [-0.25, -0.2) is 0 Å². The Morgan fingerprint density at radius 3 is 2.38 bits per heavy atom. The summed E-state index contributed by atoms with van der Waals surface area (Å²) in [5.41, 5.74) is 0.680. The minimum absolute atomic E-state index is 0.0879. The molecule has 0 radical (unpaired) electrons. The second kappa shape index (κ2) is 5.72. The first-order valence-corrected chi connectivity index (χ1v) is 6.15. The summed E-state index contributed by atoms with van der Waals surface area (Å²) in [6.45, 7) is 0.268. The molecule has 1 atom stereocenters. The second-order valence-electron chi connectivity index (χ2n) is 4.62. The number of nitrogens with one attached hydrogen (secondary N) is 1. The van der Waals surface area contributed by atoms with Crippen LogP contribution in [0, 0.1) is 0 Å². The fourth-order valence-electron chi connectivity index (χ4n) is 1.97. The first-order chi connectivity index (χ1) is 9.76. The summed E-state index contributed by atoms with van der Waals surface area (Å²) in [5, 5.41) is 2.90. The fraction of sp³-hybridized carbons (Fsp3) is 0.385. The van der Waals surface area contributed by atoms with E-state index in [0.29, 0.717) is 5.56 Å². The van der Waals surface area contributed by atoms with Crippen molar-refractivity contribution in [3.05, 3.63) is 29.8 Å². The van der Waals surface area contributed by atoms with Crippen LogP contribution in [0.25, 0.3) is 0 Å². The summed E-state index contributed by atoms with van der Waals surface area (Å²) >= 11 is 0. The number of imide groups is 1. The topological polar surface area (TPSA) is 58.6 Å². The van der Waals surface area contributed by atoms with Gasteiger partial charge in [0.15, 0.2) is 0 Å². The number of hydrogen-bond donors (Lipinski definition) is 1. The maximum absolute atomic E-state index is 12.0. The van der Waals surface area contributed by atoms with Crippen molar-refractivity contribution in [2.45, 2.75) is 25.4 Å². The van der Waals surface area contributed by atoms with Crippen LogP contribution in [0.4, 0.5) is 13.2 Å². The summed E-state index contributed by atoms with van der Waals surface area (Å²) in [4.78, 5) is 24.0. The van der Waals surface area contributed by atoms with E-state index in [4.69, 9.17) is 0 Å². The Morgan fingerprint density at radius 1 is 1.29 bits per heavy atom. The average Bonchev–Trinajstić information content (AvgIpc) is 2.64. The maximum atomic E-state index is 12.0. The van der Waals surface area contributed by atoms with Crippen LogP contribution >= 0.6 is 0 Å². The Kier molecular flexibility index (Phi) is 4.17. The zero-order valence-corrected chi connectivity index (χ0v) is 11.1. The van der Waals surface area contributed by atoms with E-state index in [-0.39, 0.29) is 30.5 Å². The van der Waals surface area contributed by atoms with Gasteiger partial charge in [0.25, 0.3) is 0 Å². The molecule has 2 rings (SSSR count). The molecule has 1 fully saturated rings.